The van der Waals surface area contributed by atoms with Crippen molar-refractivity contribution in [3.63, 3.8) is 0 Å². The number of carbonyl (C=O) groups excluding carboxylic acids is 3. The van der Waals surface area contributed by atoms with Gasteiger partial charge in [0.1, 0.15) is 13.1 Å². The summed E-state index contributed by atoms with van der Waals surface area (Å²) in [6.07, 6.45) is 2.19. The summed E-state index contributed by atoms with van der Waals surface area (Å²) in [4.78, 5) is 43.9. The van der Waals surface area contributed by atoms with Gasteiger partial charge in [-0.25, -0.2) is 9.69 Å². The molecule has 28 heavy (non-hydrogen) atoms. The van der Waals surface area contributed by atoms with Crippen LogP contribution in [0.1, 0.15) is 12.0 Å². The lowest BCUT2D eigenvalue weighted by atomic mass is 10.0. The quantitative estimate of drug-likeness (QED) is 0.401. The molecule has 8 nitrogen and oxygen atoms in total. The Morgan fingerprint density at radius 3 is 2.82 bits per heavy atom. The van der Waals surface area contributed by atoms with Crippen LogP contribution in [0.2, 0.25) is 5.02 Å². The number of urea groups is 1. The van der Waals surface area contributed by atoms with Gasteiger partial charge in [0.05, 0.1) is 25.4 Å². The summed E-state index contributed by atoms with van der Waals surface area (Å²) < 4.78 is 5.33. The monoisotopic (exact) mass is 407 g/mol. The van der Waals surface area contributed by atoms with Crippen molar-refractivity contribution in [1.82, 2.24) is 5.32 Å². The fourth-order valence-corrected chi connectivity index (χ4v) is 3.45. The fourth-order valence-electron chi connectivity index (χ4n) is 3.28. The molecule has 0 bridgehead atoms. The standard InChI is InChI=1S/C19H23ClN4O4/c1-13-3-4-14(20)11-16(13)24-18(26)15(17(25)22-19(24)27)12-21-5-2-6-23-7-9-28-10-8-23/h3-4,11-12,15H,2,5-10H2,1H3,(H,22,25,27)/p+1/t15-/m1/s1. The molecule has 1 aromatic carbocycles. The first-order chi connectivity index (χ1) is 13.5. The van der Waals surface area contributed by atoms with Crippen LogP contribution in [0.4, 0.5) is 10.5 Å². The van der Waals surface area contributed by atoms with Gasteiger partial charge >= 0.3 is 6.03 Å². The third kappa shape index (κ3) is 4.76. The molecule has 0 unspecified atom stereocenters. The second kappa shape index (κ2) is 9.27. The highest BCUT2D eigenvalue weighted by Gasteiger charge is 2.40. The lowest BCUT2D eigenvalue weighted by Crippen LogP contribution is -3.14. The minimum Gasteiger partial charge on any atom is -0.370 e. The summed E-state index contributed by atoms with van der Waals surface area (Å²) in [5.41, 5.74) is 1.06. The molecule has 150 valence electrons. The molecule has 0 spiro atoms. The van der Waals surface area contributed by atoms with E-state index in [4.69, 9.17) is 16.3 Å². The lowest BCUT2D eigenvalue weighted by Gasteiger charge is -2.29. The molecule has 2 aliphatic rings. The lowest BCUT2D eigenvalue weighted by molar-refractivity contribution is -0.908. The summed E-state index contributed by atoms with van der Waals surface area (Å²) >= 11 is 6.01. The summed E-state index contributed by atoms with van der Waals surface area (Å²) in [6.45, 7) is 6.79. The van der Waals surface area contributed by atoms with Gasteiger partial charge in [-0.1, -0.05) is 17.7 Å². The van der Waals surface area contributed by atoms with Crippen molar-refractivity contribution in [2.75, 3.05) is 44.3 Å². The maximum atomic E-state index is 12.8. The van der Waals surface area contributed by atoms with Gasteiger partial charge < -0.3 is 9.64 Å². The Hall–Kier alpha value is -2.29. The Balaban J connectivity index is 1.63. The molecule has 3 rings (SSSR count). The van der Waals surface area contributed by atoms with Crippen molar-refractivity contribution < 1.29 is 24.0 Å². The van der Waals surface area contributed by atoms with E-state index in [2.05, 4.69) is 10.3 Å². The molecular weight excluding hydrogens is 384 g/mol. The number of nitrogens with one attached hydrogen (secondary N) is 2. The van der Waals surface area contributed by atoms with Gasteiger partial charge in [-0.05, 0) is 24.6 Å². The maximum Gasteiger partial charge on any atom is 0.335 e. The molecule has 2 heterocycles. The number of hydrogen-bond acceptors (Lipinski definition) is 5. The van der Waals surface area contributed by atoms with Crippen molar-refractivity contribution in [2.45, 2.75) is 13.3 Å². The molecule has 2 aliphatic heterocycles. The van der Waals surface area contributed by atoms with E-state index in [1.807, 2.05) is 0 Å². The number of amides is 4. The number of halogens is 1. The SMILES string of the molecule is Cc1ccc(Cl)cc1N1C(=O)NC(=O)[C@@H](C=NCCC[NH+]2CCOCC2)C1=O. The van der Waals surface area contributed by atoms with E-state index in [9.17, 15) is 14.4 Å². The van der Waals surface area contributed by atoms with Crippen LogP contribution in [-0.2, 0) is 14.3 Å². The maximum absolute atomic E-state index is 12.8. The summed E-state index contributed by atoms with van der Waals surface area (Å²) in [6, 6.07) is 4.14. The third-order valence-electron chi connectivity index (χ3n) is 4.89. The van der Waals surface area contributed by atoms with E-state index >= 15 is 0 Å². The number of barbiturate groups is 1. The van der Waals surface area contributed by atoms with Crippen LogP contribution in [0.25, 0.3) is 0 Å². The summed E-state index contributed by atoms with van der Waals surface area (Å²) in [5.74, 6) is -2.41. The minimum atomic E-state index is -1.13. The van der Waals surface area contributed by atoms with E-state index in [1.165, 1.54) is 17.2 Å². The largest absolute Gasteiger partial charge is 0.370 e. The molecule has 9 heteroatoms. The minimum absolute atomic E-state index is 0.358. The van der Waals surface area contributed by atoms with E-state index < -0.39 is 23.8 Å². The zero-order chi connectivity index (χ0) is 20.1. The predicted octanol–water partition coefficient (Wildman–Crippen LogP) is 0.223. The van der Waals surface area contributed by atoms with E-state index in [0.29, 0.717) is 22.8 Å². The molecule has 0 saturated carbocycles. The second-order valence-electron chi connectivity index (χ2n) is 6.90. The Kier molecular flexibility index (Phi) is 6.77. The predicted molar refractivity (Wildman–Crippen MR) is 105 cm³/mol. The number of quaternary nitrogens is 1. The Morgan fingerprint density at radius 2 is 2.07 bits per heavy atom. The van der Waals surface area contributed by atoms with Gasteiger partial charge in [0.2, 0.25) is 5.91 Å². The van der Waals surface area contributed by atoms with Crippen molar-refractivity contribution in [3.8, 4) is 0 Å². The molecule has 1 aromatic rings. The van der Waals surface area contributed by atoms with Crippen LogP contribution in [0.3, 0.4) is 0 Å². The Morgan fingerprint density at radius 1 is 1.32 bits per heavy atom. The van der Waals surface area contributed by atoms with Crippen LogP contribution in [0.5, 0.6) is 0 Å². The van der Waals surface area contributed by atoms with Gasteiger partial charge in [-0.2, -0.15) is 0 Å². The zero-order valence-corrected chi connectivity index (χ0v) is 16.5. The van der Waals surface area contributed by atoms with Gasteiger partial charge in [-0.3, -0.25) is 19.9 Å². The summed E-state index contributed by atoms with van der Waals surface area (Å²) in [7, 11) is 0. The van der Waals surface area contributed by atoms with Crippen molar-refractivity contribution in [1.29, 1.82) is 0 Å². The number of aryl methyl sites for hydroxylation is 1. The van der Waals surface area contributed by atoms with Crippen molar-refractivity contribution >= 4 is 41.3 Å². The van der Waals surface area contributed by atoms with Crippen LogP contribution < -0.4 is 15.1 Å². The smallest absolute Gasteiger partial charge is 0.335 e. The third-order valence-corrected chi connectivity index (χ3v) is 5.12. The molecule has 1 atom stereocenters. The Bertz CT molecular complexity index is 792. The van der Waals surface area contributed by atoms with Crippen LogP contribution in [0.15, 0.2) is 23.2 Å². The van der Waals surface area contributed by atoms with E-state index in [-0.39, 0.29) is 0 Å². The average Bonchev–Trinajstić information content (AvgIpc) is 2.67. The Labute approximate surface area is 168 Å². The number of aliphatic imine (C=N–C) groups is 1. The van der Waals surface area contributed by atoms with Gasteiger partial charge in [0, 0.05) is 24.2 Å². The van der Waals surface area contributed by atoms with Gasteiger partial charge in [-0.15, -0.1) is 0 Å². The van der Waals surface area contributed by atoms with Crippen LogP contribution >= 0.6 is 11.6 Å². The molecule has 0 radical (unpaired) electrons. The zero-order valence-electron chi connectivity index (χ0n) is 15.7. The molecule has 2 N–H and O–H groups in total. The molecular formula is C19H24ClN4O4+. The van der Waals surface area contributed by atoms with Gasteiger partial charge in [0.25, 0.3) is 5.91 Å². The first-order valence-electron chi connectivity index (χ1n) is 9.33. The highest BCUT2D eigenvalue weighted by atomic mass is 35.5. The highest BCUT2D eigenvalue weighted by molar-refractivity contribution is 6.34. The first-order valence-corrected chi connectivity index (χ1v) is 9.71. The van der Waals surface area contributed by atoms with E-state index in [0.717, 1.165) is 44.2 Å². The molecule has 2 fully saturated rings. The number of morpholine rings is 1. The number of ether oxygens (including phenoxy) is 1. The molecule has 0 aromatic heterocycles. The summed E-state index contributed by atoms with van der Waals surface area (Å²) in [5, 5.41) is 2.62. The number of carbonyl (C=O) groups is 3. The van der Waals surface area contributed by atoms with E-state index in [1.54, 1.807) is 19.1 Å². The number of imide groups is 2. The molecule has 4 amide bonds. The highest BCUT2D eigenvalue weighted by Crippen LogP contribution is 2.27. The first kappa shape index (κ1) is 20.4. The van der Waals surface area contributed by atoms with Gasteiger partial charge in [0.15, 0.2) is 5.92 Å². The normalized spacial score (nSPS) is 21.4. The number of hydrogen-bond donors (Lipinski definition) is 2. The topological polar surface area (TPSA) is 92.5 Å². The second-order valence-corrected chi connectivity index (χ2v) is 7.33. The molecule has 2 saturated heterocycles. The average molecular weight is 408 g/mol. The molecule has 0 aliphatic carbocycles. The van der Waals surface area contributed by atoms with Crippen molar-refractivity contribution in [2.24, 2.45) is 10.9 Å². The fraction of sp³-hybridized carbons (Fsp3) is 0.474. The number of rotatable bonds is 6. The van der Waals surface area contributed by atoms with Crippen molar-refractivity contribution in [3.05, 3.63) is 28.8 Å². The number of anilines is 1. The van der Waals surface area contributed by atoms with Crippen LogP contribution in [-0.4, -0.2) is 63.5 Å². The number of benzene rings is 1. The van der Waals surface area contributed by atoms with Crippen LogP contribution in [0, 0.1) is 12.8 Å². The number of nitrogens with zero attached hydrogens (tertiary/aromatic N) is 2.